The Labute approximate surface area is 66.4 Å². The molecule has 0 aliphatic heterocycles. The second kappa shape index (κ2) is 8.69. The first-order valence-corrected chi connectivity index (χ1v) is 4.31. The zero-order valence-electron chi connectivity index (χ0n) is 6.93. The van der Waals surface area contributed by atoms with Crippen molar-refractivity contribution < 1.29 is 9.59 Å². The summed E-state index contributed by atoms with van der Waals surface area (Å²) in [6.45, 7) is 4.92. The molecule has 0 amide bonds. The summed E-state index contributed by atoms with van der Waals surface area (Å²) < 4.78 is 0. The molecule has 0 fully saturated rings. The molecular weight excluding hydrogens is 148 g/mol. The minimum atomic E-state index is 0.167. The topological polar surface area (TPSA) is 34.1 Å². The second-order valence-corrected chi connectivity index (χ2v) is 2.70. The van der Waals surface area contributed by atoms with E-state index in [1.54, 1.807) is 6.26 Å². The minimum Gasteiger partial charge on any atom is -0.300 e. The quantitative estimate of drug-likeness (QED) is 0.590. The fourth-order valence-corrected chi connectivity index (χ4v) is 0.433. The Balaban J connectivity index is 0. The van der Waals surface area contributed by atoms with Crippen LogP contribution in [0, 0.1) is 0 Å². The monoisotopic (exact) mass is 162 g/mol. The molecule has 0 heterocycles. The van der Waals surface area contributed by atoms with E-state index in [1.807, 2.05) is 6.92 Å². The van der Waals surface area contributed by atoms with Crippen LogP contribution in [-0.2, 0) is 9.59 Å². The summed E-state index contributed by atoms with van der Waals surface area (Å²) in [4.78, 5) is 19.6. The summed E-state index contributed by atoms with van der Waals surface area (Å²) >= 11 is 1.29. The van der Waals surface area contributed by atoms with Gasteiger partial charge in [0.05, 0.1) is 0 Å². The fraction of sp³-hybridized carbons (Fsp3) is 0.714. The largest absolute Gasteiger partial charge is 0.300 e. The molecule has 0 aromatic rings. The second-order valence-electron chi connectivity index (χ2n) is 1.84. The number of carbonyl (C=O) groups is 2. The molecule has 0 N–H and O–H groups in total. The summed E-state index contributed by atoms with van der Waals surface area (Å²) in [5.41, 5.74) is 0. The fourth-order valence-electron chi connectivity index (χ4n) is 0.144. The van der Waals surface area contributed by atoms with Crippen molar-refractivity contribution in [3.05, 3.63) is 0 Å². The van der Waals surface area contributed by atoms with E-state index in [0.29, 0.717) is 6.42 Å². The van der Waals surface area contributed by atoms with Crippen LogP contribution in [0.2, 0.25) is 0 Å². The van der Waals surface area contributed by atoms with Crippen molar-refractivity contribution in [2.45, 2.75) is 27.2 Å². The van der Waals surface area contributed by atoms with Crippen molar-refractivity contribution in [3.63, 3.8) is 0 Å². The van der Waals surface area contributed by atoms with Gasteiger partial charge in [-0.1, -0.05) is 18.7 Å². The van der Waals surface area contributed by atoms with E-state index in [-0.39, 0.29) is 10.9 Å². The van der Waals surface area contributed by atoms with Crippen LogP contribution in [0.1, 0.15) is 27.2 Å². The Morgan fingerprint density at radius 1 is 1.30 bits per heavy atom. The molecule has 2 nitrogen and oxygen atoms in total. The zero-order valence-corrected chi connectivity index (χ0v) is 7.75. The van der Waals surface area contributed by atoms with E-state index in [9.17, 15) is 9.59 Å². The standard InChI is InChI=1S/C4H8OS.C3H6O/c1-3-4(5)6-2;1-3(2)4/h3H2,1-2H3;1-2H3. The van der Waals surface area contributed by atoms with Crippen molar-refractivity contribution in [2.75, 3.05) is 6.26 Å². The van der Waals surface area contributed by atoms with Gasteiger partial charge in [0.1, 0.15) is 5.78 Å². The number of thioether (sulfide) groups is 1. The SMILES string of the molecule is CC(C)=O.CCC(=O)SC. The molecule has 0 aliphatic rings. The number of Topliss-reactive ketones (excluding diaryl/α,β-unsaturated/α-hetero) is 1. The van der Waals surface area contributed by atoms with Gasteiger partial charge in [-0.2, -0.15) is 0 Å². The molecule has 0 spiro atoms. The molecule has 10 heavy (non-hydrogen) atoms. The van der Waals surface area contributed by atoms with Crippen molar-refractivity contribution in [2.24, 2.45) is 0 Å². The summed E-state index contributed by atoms with van der Waals surface area (Å²) in [5.74, 6) is 0.167. The van der Waals surface area contributed by atoms with Crippen molar-refractivity contribution in [3.8, 4) is 0 Å². The first-order chi connectivity index (χ1) is 4.54. The lowest BCUT2D eigenvalue weighted by Crippen LogP contribution is -1.81. The highest BCUT2D eigenvalue weighted by Crippen LogP contribution is 1.95. The number of hydrogen-bond donors (Lipinski definition) is 0. The molecule has 60 valence electrons. The van der Waals surface area contributed by atoms with E-state index in [0.717, 1.165) is 0 Å². The maximum Gasteiger partial charge on any atom is 0.188 e. The molecule has 0 aliphatic carbocycles. The van der Waals surface area contributed by atoms with E-state index in [2.05, 4.69) is 0 Å². The van der Waals surface area contributed by atoms with Gasteiger partial charge in [0.25, 0.3) is 0 Å². The molecule has 0 aromatic carbocycles. The Bertz CT molecular complexity index is 100. The molecule has 0 atom stereocenters. The highest BCUT2D eigenvalue weighted by atomic mass is 32.2. The van der Waals surface area contributed by atoms with Gasteiger partial charge in [0.15, 0.2) is 5.12 Å². The van der Waals surface area contributed by atoms with E-state index >= 15 is 0 Å². The Morgan fingerprint density at radius 2 is 1.60 bits per heavy atom. The van der Waals surface area contributed by atoms with Crippen molar-refractivity contribution in [1.29, 1.82) is 0 Å². The molecule has 3 heteroatoms. The highest BCUT2D eigenvalue weighted by Gasteiger charge is 1.87. The smallest absolute Gasteiger partial charge is 0.188 e. The number of ketones is 1. The lowest BCUT2D eigenvalue weighted by Gasteiger charge is -1.81. The van der Waals surface area contributed by atoms with Gasteiger partial charge in [-0.05, 0) is 20.1 Å². The maximum absolute atomic E-state index is 10.1. The average Bonchev–Trinajstić information content (AvgIpc) is 1.85. The van der Waals surface area contributed by atoms with Crippen molar-refractivity contribution in [1.82, 2.24) is 0 Å². The summed E-state index contributed by atoms with van der Waals surface area (Å²) in [5, 5.41) is 0.259. The Morgan fingerprint density at radius 3 is 1.60 bits per heavy atom. The summed E-state index contributed by atoms with van der Waals surface area (Å²) in [7, 11) is 0. The van der Waals surface area contributed by atoms with E-state index in [4.69, 9.17) is 0 Å². The van der Waals surface area contributed by atoms with Crippen LogP contribution in [0.3, 0.4) is 0 Å². The molecule has 0 unspecified atom stereocenters. The molecule has 0 rings (SSSR count). The Hall–Kier alpha value is -0.310. The van der Waals surface area contributed by atoms with Crippen molar-refractivity contribution >= 4 is 22.7 Å². The number of rotatable bonds is 1. The molecule has 0 aromatic heterocycles. The number of carbonyl (C=O) groups excluding carboxylic acids is 2. The molecule has 0 bridgehead atoms. The maximum atomic E-state index is 10.1. The van der Waals surface area contributed by atoms with Gasteiger partial charge in [-0.3, -0.25) is 4.79 Å². The molecule has 0 radical (unpaired) electrons. The summed E-state index contributed by atoms with van der Waals surface area (Å²) in [6.07, 6.45) is 2.45. The zero-order chi connectivity index (χ0) is 8.57. The van der Waals surface area contributed by atoms with Crippen LogP contribution in [0.25, 0.3) is 0 Å². The Kier molecular flexibility index (Phi) is 10.8. The third-order valence-corrected chi connectivity index (χ3v) is 1.26. The predicted octanol–water partition coefficient (Wildman–Crippen LogP) is 1.88. The lowest BCUT2D eigenvalue weighted by molar-refractivity contribution is -0.115. The first kappa shape index (κ1) is 12.4. The van der Waals surface area contributed by atoms with Crippen LogP contribution < -0.4 is 0 Å². The highest BCUT2D eigenvalue weighted by molar-refractivity contribution is 8.13. The first-order valence-electron chi connectivity index (χ1n) is 3.08. The van der Waals surface area contributed by atoms with Gasteiger partial charge in [-0.15, -0.1) is 0 Å². The van der Waals surface area contributed by atoms with Gasteiger partial charge in [0.2, 0.25) is 0 Å². The number of hydrogen-bond acceptors (Lipinski definition) is 3. The molecule has 0 saturated heterocycles. The molecular formula is C7H14O2S. The van der Waals surface area contributed by atoms with Crippen LogP contribution in [0.15, 0.2) is 0 Å². The minimum absolute atomic E-state index is 0.167. The van der Waals surface area contributed by atoms with E-state index in [1.165, 1.54) is 25.6 Å². The average molecular weight is 162 g/mol. The third-order valence-electron chi connectivity index (χ3n) is 0.516. The van der Waals surface area contributed by atoms with Gasteiger partial charge in [0, 0.05) is 6.42 Å². The molecule has 0 saturated carbocycles. The van der Waals surface area contributed by atoms with Gasteiger partial charge in [-0.25, -0.2) is 0 Å². The normalized spacial score (nSPS) is 7.60. The van der Waals surface area contributed by atoms with Crippen LogP contribution >= 0.6 is 11.8 Å². The third kappa shape index (κ3) is 25.3. The van der Waals surface area contributed by atoms with Gasteiger partial charge < -0.3 is 4.79 Å². The predicted molar refractivity (Wildman–Crippen MR) is 45.2 cm³/mol. The van der Waals surface area contributed by atoms with Crippen LogP contribution in [0.5, 0.6) is 0 Å². The summed E-state index contributed by atoms with van der Waals surface area (Å²) in [6, 6.07) is 0. The van der Waals surface area contributed by atoms with E-state index < -0.39 is 0 Å². The van der Waals surface area contributed by atoms with Crippen LogP contribution in [0.4, 0.5) is 0 Å². The van der Waals surface area contributed by atoms with Crippen LogP contribution in [-0.4, -0.2) is 17.2 Å². The lowest BCUT2D eigenvalue weighted by atomic mass is 10.6. The van der Waals surface area contributed by atoms with Gasteiger partial charge >= 0.3 is 0 Å².